The van der Waals surface area contributed by atoms with Crippen LogP contribution in [0.25, 0.3) is 0 Å². The van der Waals surface area contributed by atoms with Gasteiger partial charge < -0.3 is 11.5 Å². The molecule has 0 aromatic heterocycles. The van der Waals surface area contributed by atoms with Crippen LogP contribution < -0.4 is 11.5 Å². The Labute approximate surface area is 115 Å². The molecule has 2 nitrogen and oxygen atoms in total. The number of nitrogen functional groups attached to an aromatic ring is 2. The molecule has 0 aliphatic rings. The molecule has 2 heteroatoms. The zero-order valence-corrected chi connectivity index (χ0v) is 11.6. The summed E-state index contributed by atoms with van der Waals surface area (Å²) in [6.07, 6.45) is 1.12. The first-order valence-electron chi connectivity index (χ1n) is 6.77. The summed E-state index contributed by atoms with van der Waals surface area (Å²) in [5.41, 5.74) is 15.8. The van der Waals surface area contributed by atoms with E-state index < -0.39 is 0 Å². The number of rotatable bonds is 4. The summed E-state index contributed by atoms with van der Waals surface area (Å²) in [5.74, 6) is 1.04. The molecule has 0 unspecified atom stereocenters. The average molecular weight is 254 g/mol. The van der Waals surface area contributed by atoms with E-state index in [0.29, 0.717) is 11.8 Å². The van der Waals surface area contributed by atoms with Crippen molar-refractivity contribution in [3.63, 3.8) is 0 Å². The van der Waals surface area contributed by atoms with Crippen LogP contribution in [0.5, 0.6) is 0 Å². The minimum absolute atomic E-state index is 0.404. The zero-order valence-electron chi connectivity index (χ0n) is 11.6. The number of hydrogen-bond donors (Lipinski definition) is 2. The zero-order chi connectivity index (χ0) is 13.8. The van der Waals surface area contributed by atoms with E-state index in [4.69, 9.17) is 11.5 Å². The van der Waals surface area contributed by atoms with Gasteiger partial charge in [-0.1, -0.05) is 38.1 Å². The van der Waals surface area contributed by atoms with Gasteiger partial charge in [0.2, 0.25) is 0 Å². The van der Waals surface area contributed by atoms with Crippen molar-refractivity contribution >= 4 is 11.4 Å². The molecule has 2 aromatic carbocycles. The summed E-state index contributed by atoms with van der Waals surface area (Å²) in [7, 11) is 0. The van der Waals surface area contributed by atoms with Crippen molar-refractivity contribution in [1.82, 2.24) is 0 Å². The predicted octanol–water partition coefficient (Wildman–Crippen LogP) is 4.03. The van der Waals surface area contributed by atoms with E-state index in [1.165, 1.54) is 11.1 Å². The highest BCUT2D eigenvalue weighted by molar-refractivity contribution is 5.45. The number of nitrogens with two attached hydrogens (primary N) is 2. The van der Waals surface area contributed by atoms with E-state index in [9.17, 15) is 0 Å². The van der Waals surface area contributed by atoms with Crippen molar-refractivity contribution < 1.29 is 0 Å². The molecule has 0 aliphatic carbocycles. The second-order valence-electron chi connectivity index (χ2n) is 5.52. The topological polar surface area (TPSA) is 52.0 Å². The molecule has 0 heterocycles. The second-order valence-corrected chi connectivity index (χ2v) is 5.52. The predicted molar refractivity (Wildman–Crippen MR) is 83.0 cm³/mol. The highest BCUT2D eigenvalue weighted by Gasteiger charge is 2.15. The third-order valence-electron chi connectivity index (χ3n) is 3.38. The van der Waals surface area contributed by atoms with E-state index in [1.54, 1.807) is 0 Å². The van der Waals surface area contributed by atoms with Crippen LogP contribution in [0, 0.1) is 5.92 Å². The lowest BCUT2D eigenvalue weighted by Crippen LogP contribution is -2.05. The molecule has 19 heavy (non-hydrogen) atoms. The third-order valence-corrected chi connectivity index (χ3v) is 3.38. The smallest absolute Gasteiger partial charge is 0.0314 e. The largest absolute Gasteiger partial charge is 0.399 e. The van der Waals surface area contributed by atoms with Crippen LogP contribution >= 0.6 is 0 Å². The van der Waals surface area contributed by atoms with Crippen molar-refractivity contribution in [2.45, 2.75) is 26.2 Å². The first kappa shape index (κ1) is 13.5. The summed E-state index contributed by atoms with van der Waals surface area (Å²) in [5, 5.41) is 0. The van der Waals surface area contributed by atoms with E-state index in [-0.39, 0.29) is 0 Å². The molecule has 0 fully saturated rings. The highest BCUT2D eigenvalue weighted by Crippen LogP contribution is 2.31. The standard InChI is InChI=1S/C17H22N2/c1-12(2)11-17(13-3-7-15(18)8-4-13)14-5-9-16(19)10-6-14/h3-10,12,17H,11,18-19H2,1-2H3. The Morgan fingerprint density at radius 3 is 1.42 bits per heavy atom. The Balaban J connectivity index is 2.35. The highest BCUT2D eigenvalue weighted by atomic mass is 14.5. The summed E-state index contributed by atoms with van der Waals surface area (Å²) < 4.78 is 0. The number of anilines is 2. The van der Waals surface area contributed by atoms with Gasteiger partial charge in [-0.3, -0.25) is 0 Å². The van der Waals surface area contributed by atoms with Crippen molar-refractivity contribution in [1.29, 1.82) is 0 Å². The Bertz CT molecular complexity index is 466. The molecule has 0 saturated heterocycles. The van der Waals surface area contributed by atoms with Crippen molar-refractivity contribution in [2.75, 3.05) is 11.5 Å². The van der Waals surface area contributed by atoms with Crippen LogP contribution in [-0.2, 0) is 0 Å². The minimum Gasteiger partial charge on any atom is -0.399 e. The Morgan fingerprint density at radius 1 is 0.737 bits per heavy atom. The SMILES string of the molecule is CC(C)CC(c1ccc(N)cc1)c1ccc(N)cc1. The van der Waals surface area contributed by atoms with Gasteiger partial charge in [-0.15, -0.1) is 0 Å². The molecule has 0 saturated carbocycles. The van der Waals surface area contributed by atoms with Gasteiger partial charge in [0.05, 0.1) is 0 Å². The first-order valence-corrected chi connectivity index (χ1v) is 6.77. The lowest BCUT2D eigenvalue weighted by atomic mass is 9.84. The monoisotopic (exact) mass is 254 g/mol. The van der Waals surface area contributed by atoms with E-state index in [2.05, 4.69) is 38.1 Å². The summed E-state index contributed by atoms with van der Waals surface area (Å²) in [4.78, 5) is 0. The van der Waals surface area contributed by atoms with Gasteiger partial charge in [0.1, 0.15) is 0 Å². The van der Waals surface area contributed by atoms with E-state index in [1.807, 2.05) is 24.3 Å². The molecule has 0 spiro atoms. The molecule has 2 aromatic rings. The molecule has 0 radical (unpaired) electrons. The molecule has 0 bridgehead atoms. The van der Waals surface area contributed by atoms with Crippen LogP contribution in [0.15, 0.2) is 48.5 Å². The minimum atomic E-state index is 0.404. The van der Waals surface area contributed by atoms with Crippen LogP contribution in [0.1, 0.15) is 37.3 Å². The molecule has 0 amide bonds. The van der Waals surface area contributed by atoms with Gasteiger partial charge in [0.25, 0.3) is 0 Å². The lowest BCUT2D eigenvalue weighted by Gasteiger charge is -2.20. The molecular formula is C17H22N2. The maximum Gasteiger partial charge on any atom is 0.0314 e. The van der Waals surface area contributed by atoms with Crippen LogP contribution in [0.4, 0.5) is 11.4 Å². The van der Waals surface area contributed by atoms with Crippen molar-refractivity contribution in [2.24, 2.45) is 5.92 Å². The van der Waals surface area contributed by atoms with Crippen LogP contribution in [-0.4, -0.2) is 0 Å². The quantitative estimate of drug-likeness (QED) is 0.809. The average Bonchev–Trinajstić information content (AvgIpc) is 2.38. The van der Waals surface area contributed by atoms with Crippen LogP contribution in [0.2, 0.25) is 0 Å². The van der Waals surface area contributed by atoms with Gasteiger partial charge in [-0.2, -0.15) is 0 Å². The molecule has 4 N–H and O–H groups in total. The number of benzene rings is 2. The van der Waals surface area contributed by atoms with Gasteiger partial charge in [0, 0.05) is 17.3 Å². The van der Waals surface area contributed by atoms with Crippen molar-refractivity contribution in [3.8, 4) is 0 Å². The molecule has 0 atom stereocenters. The summed E-state index contributed by atoms with van der Waals surface area (Å²) in [6.45, 7) is 4.50. The second kappa shape index (κ2) is 5.79. The van der Waals surface area contributed by atoms with Crippen LogP contribution in [0.3, 0.4) is 0 Å². The van der Waals surface area contributed by atoms with E-state index >= 15 is 0 Å². The molecule has 0 aliphatic heterocycles. The molecule has 100 valence electrons. The molecule has 2 rings (SSSR count). The fourth-order valence-corrected chi connectivity index (χ4v) is 2.39. The third kappa shape index (κ3) is 3.50. The van der Waals surface area contributed by atoms with Gasteiger partial charge in [0.15, 0.2) is 0 Å². The van der Waals surface area contributed by atoms with Crippen molar-refractivity contribution in [3.05, 3.63) is 59.7 Å². The summed E-state index contributed by atoms with van der Waals surface area (Å²) >= 11 is 0. The number of hydrogen-bond acceptors (Lipinski definition) is 2. The van der Waals surface area contributed by atoms with E-state index in [0.717, 1.165) is 17.8 Å². The summed E-state index contributed by atoms with van der Waals surface area (Å²) in [6, 6.07) is 16.4. The fourth-order valence-electron chi connectivity index (χ4n) is 2.39. The Morgan fingerprint density at radius 2 is 1.11 bits per heavy atom. The van der Waals surface area contributed by atoms with Gasteiger partial charge in [-0.05, 0) is 47.7 Å². The first-order chi connectivity index (χ1) is 9.06. The normalized spacial score (nSPS) is 11.2. The maximum absolute atomic E-state index is 5.77. The fraction of sp³-hybridized carbons (Fsp3) is 0.294. The van der Waals surface area contributed by atoms with Gasteiger partial charge >= 0.3 is 0 Å². The molecular weight excluding hydrogens is 232 g/mol. The maximum atomic E-state index is 5.77. The Kier molecular flexibility index (Phi) is 4.10. The Hall–Kier alpha value is -1.96. The van der Waals surface area contributed by atoms with Gasteiger partial charge in [-0.25, -0.2) is 0 Å². The lowest BCUT2D eigenvalue weighted by molar-refractivity contribution is 0.541.